The summed E-state index contributed by atoms with van der Waals surface area (Å²) in [5, 5.41) is 3.50. The molecule has 0 radical (unpaired) electrons. The number of quaternary nitrogens is 1. The van der Waals surface area contributed by atoms with Gasteiger partial charge in [-0.15, -0.1) is 0 Å². The predicted octanol–water partition coefficient (Wildman–Crippen LogP) is 1.28. The average molecular weight is 271 g/mol. The predicted molar refractivity (Wildman–Crippen MR) is 79.0 cm³/mol. The van der Waals surface area contributed by atoms with E-state index < -0.39 is 0 Å². The number of carbonyl (C=O) groups is 1. The Morgan fingerprint density at radius 1 is 1.20 bits per heavy atom. The van der Waals surface area contributed by atoms with Crippen molar-refractivity contribution in [3.05, 3.63) is 47.2 Å². The highest BCUT2D eigenvalue weighted by Gasteiger charge is 2.36. The first-order valence-electron chi connectivity index (χ1n) is 7.40. The minimum atomic E-state index is 0.111. The zero-order chi connectivity index (χ0) is 14.2. The number of Topliss-reactive ketones (excluding diaryl/α,β-unsaturated/α-hetero) is 1. The monoisotopic (exact) mass is 271 g/mol. The lowest BCUT2D eigenvalue weighted by atomic mass is 9.75. The van der Waals surface area contributed by atoms with Crippen molar-refractivity contribution in [2.75, 3.05) is 13.2 Å². The molecule has 3 heteroatoms. The van der Waals surface area contributed by atoms with Crippen molar-refractivity contribution in [1.82, 2.24) is 5.32 Å². The van der Waals surface area contributed by atoms with Crippen LogP contribution < -0.4 is 10.2 Å². The van der Waals surface area contributed by atoms with Gasteiger partial charge in [0.1, 0.15) is 13.1 Å². The van der Waals surface area contributed by atoms with Crippen molar-refractivity contribution in [2.24, 2.45) is 5.41 Å². The largest absolute Gasteiger partial charge is 0.342 e. The summed E-state index contributed by atoms with van der Waals surface area (Å²) in [4.78, 5) is 13.8. The number of carbonyl (C=O) groups excluding carboxylic acids is 1. The van der Waals surface area contributed by atoms with Crippen molar-refractivity contribution >= 4 is 5.78 Å². The molecule has 0 amide bonds. The molecule has 1 aromatic carbocycles. The zero-order valence-electron chi connectivity index (χ0n) is 12.3. The normalized spacial score (nSPS) is 25.1. The van der Waals surface area contributed by atoms with Gasteiger partial charge < -0.3 is 10.2 Å². The second kappa shape index (κ2) is 5.06. The van der Waals surface area contributed by atoms with Gasteiger partial charge in [0.2, 0.25) is 0 Å². The van der Waals surface area contributed by atoms with Gasteiger partial charge in [-0.2, -0.15) is 0 Å². The first kappa shape index (κ1) is 13.4. The molecule has 1 aliphatic carbocycles. The van der Waals surface area contributed by atoms with Gasteiger partial charge in [0.05, 0.1) is 5.57 Å². The Morgan fingerprint density at radius 3 is 2.70 bits per heavy atom. The number of allylic oxidation sites excluding steroid dienone is 1. The fraction of sp³-hybridized carbons (Fsp3) is 0.471. The number of hydrogen-bond donors (Lipinski definition) is 2. The van der Waals surface area contributed by atoms with Crippen LogP contribution in [0, 0.1) is 5.41 Å². The van der Waals surface area contributed by atoms with E-state index in [1.807, 2.05) is 6.07 Å². The number of nitrogens with one attached hydrogen (secondary N) is 2. The van der Waals surface area contributed by atoms with E-state index in [0.29, 0.717) is 12.2 Å². The zero-order valence-corrected chi connectivity index (χ0v) is 12.3. The lowest BCUT2D eigenvalue weighted by Crippen LogP contribution is -3.13. The summed E-state index contributed by atoms with van der Waals surface area (Å²) in [5.74, 6) is 0.342. The molecule has 1 aromatic rings. The summed E-state index contributed by atoms with van der Waals surface area (Å²) in [6.45, 7) is 7.11. The van der Waals surface area contributed by atoms with Crippen molar-refractivity contribution in [1.29, 1.82) is 0 Å². The van der Waals surface area contributed by atoms with Gasteiger partial charge in [0.15, 0.2) is 12.5 Å². The van der Waals surface area contributed by atoms with Crippen LogP contribution in [0.15, 0.2) is 41.6 Å². The van der Waals surface area contributed by atoms with Gasteiger partial charge >= 0.3 is 0 Å². The Labute approximate surface area is 120 Å². The van der Waals surface area contributed by atoms with Crippen LogP contribution in [0.5, 0.6) is 0 Å². The van der Waals surface area contributed by atoms with Crippen LogP contribution in [0.3, 0.4) is 0 Å². The Hall–Kier alpha value is -1.61. The molecule has 20 heavy (non-hydrogen) atoms. The third kappa shape index (κ3) is 2.78. The van der Waals surface area contributed by atoms with Gasteiger partial charge in [0, 0.05) is 17.7 Å². The summed E-state index contributed by atoms with van der Waals surface area (Å²) in [6.07, 6.45) is 1.69. The molecule has 0 aromatic heterocycles. The van der Waals surface area contributed by atoms with E-state index >= 15 is 0 Å². The van der Waals surface area contributed by atoms with Crippen molar-refractivity contribution in [2.45, 2.75) is 33.2 Å². The van der Waals surface area contributed by atoms with E-state index in [0.717, 1.165) is 31.8 Å². The van der Waals surface area contributed by atoms with Crippen LogP contribution in [0.25, 0.3) is 0 Å². The highest BCUT2D eigenvalue weighted by Crippen LogP contribution is 2.35. The van der Waals surface area contributed by atoms with Gasteiger partial charge in [0.25, 0.3) is 0 Å². The molecule has 0 saturated heterocycles. The molecule has 3 nitrogen and oxygen atoms in total. The molecule has 0 saturated carbocycles. The molecule has 2 aliphatic rings. The van der Waals surface area contributed by atoms with Crippen LogP contribution >= 0.6 is 0 Å². The molecule has 1 atom stereocenters. The van der Waals surface area contributed by atoms with E-state index in [1.165, 1.54) is 16.2 Å². The summed E-state index contributed by atoms with van der Waals surface area (Å²) in [7, 11) is 0. The maximum Gasteiger partial charge on any atom is 0.166 e. The summed E-state index contributed by atoms with van der Waals surface area (Å²) >= 11 is 0. The molecular weight excluding hydrogens is 248 g/mol. The van der Waals surface area contributed by atoms with Crippen LogP contribution in [0.4, 0.5) is 0 Å². The molecular formula is C17H23N2O+. The average Bonchev–Trinajstić information content (AvgIpc) is 2.40. The third-order valence-corrected chi connectivity index (χ3v) is 4.27. The highest BCUT2D eigenvalue weighted by molar-refractivity contribution is 5.97. The Balaban J connectivity index is 1.73. The quantitative estimate of drug-likeness (QED) is 0.849. The Morgan fingerprint density at radius 2 is 1.95 bits per heavy atom. The van der Waals surface area contributed by atoms with Gasteiger partial charge in [-0.05, 0) is 11.8 Å². The van der Waals surface area contributed by atoms with Crippen LogP contribution in [0.1, 0.15) is 32.3 Å². The first-order chi connectivity index (χ1) is 9.53. The molecule has 1 heterocycles. The van der Waals surface area contributed by atoms with E-state index in [1.54, 1.807) is 0 Å². The molecule has 106 valence electrons. The standard InChI is InChI=1S/C17H22N2O/c1-17(2)8-15-14(16(20)9-17)11-19(12-18-15)10-13-6-4-3-5-7-13/h3-7,18H,8-12H2,1-2H3/p+1. The molecule has 3 rings (SSSR count). The molecule has 0 spiro atoms. The second-order valence-electron chi connectivity index (χ2n) is 6.84. The molecule has 2 N–H and O–H groups in total. The number of ketones is 1. The number of hydrogen-bond acceptors (Lipinski definition) is 2. The Bertz CT molecular complexity index is 545. The lowest BCUT2D eigenvalue weighted by molar-refractivity contribution is -0.913. The maximum absolute atomic E-state index is 12.3. The SMILES string of the molecule is CC1(C)CC(=O)C2=C(C1)NC[NH+](Cc1ccccc1)C2. The van der Waals surface area contributed by atoms with Crippen molar-refractivity contribution in [3.8, 4) is 0 Å². The number of rotatable bonds is 2. The lowest BCUT2D eigenvalue weighted by Gasteiger charge is -2.37. The maximum atomic E-state index is 12.3. The van der Waals surface area contributed by atoms with E-state index in [2.05, 4.69) is 43.4 Å². The highest BCUT2D eigenvalue weighted by atomic mass is 16.1. The summed E-state index contributed by atoms with van der Waals surface area (Å²) in [6, 6.07) is 10.5. The van der Waals surface area contributed by atoms with Crippen LogP contribution in [-0.4, -0.2) is 19.0 Å². The fourth-order valence-corrected chi connectivity index (χ4v) is 3.29. The minimum Gasteiger partial charge on any atom is -0.342 e. The van der Waals surface area contributed by atoms with Gasteiger partial charge in [-0.3, -0.25) is 4.79 Å². The smallest absolute Gasteiger partial charge is 0.166 e. The molecule has 0 fully saturated rings. The first-order valence-corrected chi connectivity index (χ1v) is 7.40. The van der Waals surface area contributed by atoms with Crippen LogP contribution in [0.2, 0.25) is 0 Å². The fourth-order valence-electron chi connectivity index (χ4n) is 3.29. The van der Waals surface area contributed by atoms with Crippen molar-refractivity contribution in [3.63, 3.8) is 0 Å². The van der Waals surface area contributed by atoms with Gasteiger partial charge in [-0.1, -0.05) is 44.2 Å². The third-order valence-electron chi connectivity index (χ3n) is 4.27. The molecule has 1 unspecified atom stereocenters. The molecule has 1 aliphatic heterocycles. The van der Waals surface area contributed by atoms with E-state index in [4.69, 9.17) is 0 Å². The summed E-state index contributed by atoms with van der Waals surface area (Å²) < 4.78 is 0. The minimum absolute atomic E-state index is 0.111. The Kier molecular flexibility index (Phi) is 3.38. The van der Waals surface area contributed by atoms with E-state index in [9.17, 15) is 4.79 Å². The van der Waals surface area contributed by atoms with Gasteiger partial charge in [-0.25, -0.2) is 0 Å². The molecule has 0 bridgehead atoms. The van der Waals surface area contributed by atoms with Crippen LogP contribution in [-0.2, 0) is 11.3 Å². The number of benzene rings is 1. The van der Waals surface area contributed by atoms with E-state index in [-0.39, 0.29) is 5.41 Å². The summed E-state index contributed by atoms with van der Waals surface area (Å²) in [5.41, 5.74) is 3.68. The van der Waals surface area contributed by atoms with Crippen molar-refractivity contribution < 1.29 is 9.69 Å². The topological polar surface area (TPSA) is 33.5 Å². The second-order valence-corrected chi connectivity index (χ2v) is 6.84.